The number of benzene rings is 1. The van der Waals surface area contributed by atoms with Gasteiger partial charge in [-0.3, -0.25) is 20.4 Å². The molecule has 3 rings (SSSR count). The topological polar surface area (TPSA) is 85.3 Å². The number of hydrogen-bond donors (Lipinski definition) is 2. The van der Waals surface area contributed by atoms with Crippen molar-refractivity contribution in [2.24, 2.45) is 0 Å². The Balaban J connectivity index is 1.86. The van der Waals surface area contributed by atoms with Crippen LogP contribution in [-0.2, 0) is 15.7 Å². The number of para-hydroxylation sites is 1. The van der Waals surface area contributed by atoms with Crippen molar-refractivity contribution in [1.82, 2.24) is 20.6 Å². The molecule has 1 atom stereocenters. The number of alkyl halides is 3. The molecule has 0 radical (unpaired) electrons. The van der Waals surface area contributed by atoms with Gasteiger partial charge in [0.05, 0.1) is 17.4 Å². The first kappa shape index (κ1) is 18.9. The van der Waals surface area contributed by atoms with Crippen molar-refractivity contribution in [1.29, 1.82) is 0 Å². The minimum atomic E-state index is -4.83. The number of carbonyl (C=O) groups excluding carboxylic acids is 2. The average Bonchev–Trinajstić information content (AvgIpc) is 3.29. The molecule has 0 aliphatic carbocycles. The van der Waals surface area contributed by atoms with Crippen LogP contribution < -0.4 is 10.9 Å². The summed E-state index contributed by atoms with van der Waals surface area (Å²) in [5.74, 6) is -1.73. The van der Waals surface area contributed by atoms with E-state index in [1.807, 2.05) is 5.43 Å². The fraction of sp³-hybridized carbons (Fsp3) is 0.353. The lowest BCUT2D eigenvalue weighted by atomic mass is 10.2. The first-order valence-corrected chi connectivity index (χ1v) is 8.22. The highest BCUT2D eigenvalue weighted by molar-refractivity contribution is 5.97. The smallest absolute Gasteiger partial charge is 0.368 e. The summed E-state index contributed by atoms with van der Waals surface area (Å²) >= 11 is 0. The van der Waals surface area contributed by atoms with Gasteiger partial charge >= 0.3 is 6.18 Å². The number of aromatic nitrogens is 2. The van der Waals surface area contributed by atoms with Gasteiger partial charge < -0.3 is 4.74 Å². The summed E-state index contributed by atoms with van der Waals surface area (Å²) in [6, 6.07) is 6.37. The van der Waals surface area contributed by atoms with E-state index in [9.17, 15) is 22.8 Å². The standard InChI is InChI=1S/C17H17F3N4O3/c1-10-5-2-3-6-12(10)24-14(17(18,19)20)11(9-21-24)15(25)22-23-16(26)13-7-4-8-27-13/h2-3,5-6,9,13H,4,7-8H2,1H3,(H,22,25)(H,23,26). The van der Waals surface area contributed by atoms with Gasteiger partial charge in [0.25, 0.3) is 11.8 Å². The number of carbonyl (C=O) groups is 2. The minimum absolute atomic E-state index is 0.201. The molecule has 0 saturated carbocycles. The van der Waals surface area contributed by atoms with Crippen LogP contribution in [0.25, 0.3) is 5.69 Å². The molecule has 1 aromatic carbocycles. The molecule has 1 aliphatic heterocycles. The highest BCUT2D eigenvalue weighted by atomic mass is 19.4. The number of hydrogen-bond acceptors (Lipinski definition) is 4. The quantitative estimate of drug-likeness (QED) is 0.797. The highest BCUT2D eigenvalue weighted by Gasteiger charge is 2.41. The fourth-order valence-corrected chi connectivity index (χ4v) is 2.82. The number of hydrazine groups is 1. The van der Waals surface area contributed by atoms with Gasteiger partial charge in [-0.25, -0.2) is 4.68 Å². The monoisotopic (exact) mass is 382 g/mol. The second-order valence-corrected chi connectivity index (χ2v) is 6.05. The number of halogens is 3. The van der Waals surface area contributed by atoms with Crippen LogP contribution in [0.1, 0.15) is 34.5 Å². The molecule has 0 spiro atoms. The Bertz CT molecular complexity index is 857. The van der Waals surface area contributed by atoms with Gasteiger partial charge in [-0.05, 0) is 31.4 Å². The van der Waals surface area contributed by atoms with Gasteiger partial charge in [-0.1, -0.05) is 18.2 Å². The molecule has 1 aliphatic rings. The van der Waals surface area contributed by atoms with Gasteiger partial charge in [0.1, 0.15) is 6.10 Å². The van der Waals surface area contributed by atoms with Crippen molar-refractivity contribution in [3.8, 4) is 5.69 Å². The van der Waals surface area contributed by atoms with Gasteiger partial charge in [-0.15, -0.1) is 0 Å². The van der Waals surface area contributed by atoms with E-state index < -0.39 is 35.4 Å². The molecule has 0 bridgehead atoms. The Morgan fingerprint density at radius 1 is 1.26 bits per heavy atom. The highest BCUT2D eigenvalue weighted by Crippen LogP contribution is 2.34. The van der Waals surface area contributed by atoms with Crippen LogP contribution in [0.4, 0.5) is 13.2 Å². The summed E-state index contributed by atoms with van der Waals surface area (Å²) in [7, 11) is 0. The zero-order valence-electron chi connectivity index (χ0n) is 14.3. The van der Waals surface area contributed by atoms with E-state index in [1.54, 1.807) is 25.1 Å². The molecule has 2 aromatic rings. The van der Waals surface area contributed by atoms with Crippen molar-refractivity contribution in [2.45, 2.75) is 32.0 Å². The molecule has 1 unspecified atom stereocenters. The van der Waals surface area contributed by atoms with Crippen molar-refractivity contribution in [2.75, 3.05) is 6.61 Å². The lowest BCUT2D eigenvalue weighted by molar-refractivity contribution is -0.143. The summed E-state index contributed by atoms with van der Waals surface area (Å²) in [6.07, 6.45) is -3.54. The molecule has 1 aromatic heterocycles. The SMILES string of the molecule is Cc1ccccc1-n1ncc(C(=O)NNC(=O)C2CCCO2)c1C(F)(F)F. The van der Waals surface area contributed by atoms with Crippen molar-refractivity contribution in [3.63, 3.8) is 0 Å². The maximum atomic E-state index is 13.6. The third-order valence-electron chi connectivity index (χ3n) is 4.15. The minimum Gasteiger partial charge on any atom is -0.368 e. The van der Waals surface area contributed by atoms with Crippen molar-refractivity contribution in [3.05, 3.63) is 47.3 Å². The van der Waals surface area contributed by atoms with Crippen LogP contribution in [0, 0.1) is 6.92 Å². The molecular weight excluding hydrogens is 365 g/mol. The first-order valence-electron chi connectivity index (χ1n) is 8.22. The Morgan fingerprint density at radius 3 is 2.63 bits per heavy atom. The number of nitrogens with zero attached hydrogens (tertiary/aromatic N) is 2. The molecule has 7 nitrogen and oxygen atoms in total. The summed E-state index contributed by atoms with van der Waals surface area (Å²) in [5.41, 5.74) is 2.93. The Morgan fingerprint density at radius 2 is 2.00 bits per heavy atom. The van der Waals surface area contributed by atoms with E-state index in [0.717, 1.165) is 6.20 Å². The normalized spacial score (nSPS) is 17.0. The number of aryl methyl sites for hydroxylation is 1. The molecule has 144 valence electrons. The molecule has 1 fully saturated rings. The van der Waals surface area contributed by atoms with Crippen LogP contribution >= 0.6 is 0 Å². The van der Waals surface area contributed by atoms with E-state index in [-0.39, 0.29) is 5.69 Å². The molecule has 2 heterocycles. The molecule has 27 heavy (non-hydrogen) atoms. The third-order valence-corrected chi connectivity index (χ3v) is 4.15. The zero-order valence-corrected chi connectivity index (χ0v) is 14.3. The van der Waals surface area contributed by atoms with Crippen LogP contribution in [0.3, 0.4) is 0 Å². The third kappa shape index (κ3) is 3.95. The predicted octanol–water partition coefficient (Wildman–Crippen LogP) is 2.14. The summed E-state index contributed by atoms with van der Waals surface area (Å²) < 4.78 is 46.7. The number of nitrogens with one attached hydrogen (secondary N) is 2. The van der Waals surface area contributed by atoms with Crippen molar-refractivity contribution < 1.29 is 27.5 Å². The van der Waals surface area contributed by atoms with Crippen LogP contribution in [0.15, 0.2) is 30.5 Å². The summed E-state index contributed by atoms with van der Waals surface area (Å²) in [4.78, 5) is 24.1. The molecule has 10 heteroatoms. The van der Waals surface area contributed by atoms with Gasteiger partial charge in [0, 0.05) is 6.61 Å². The second-order valence-electron chi connectivity index (χ2n) is 6.05. The number of amides is 2. The zero-order chi connectivity index (χ0) is 19.6. The number of ether oxygens (including phenoxy) is 1. The molecule has 1 saturated heterocycles. The van der Waals surface area contributed by atoms with Crippen LogP contribution in [-0.4, -0.2) is 34.3 Å². The fourth-order valence-electron chi connectivity index (χ4n) is 2.82. The van der Waals surface area contributed by atoms with Gasteiger partial charge in [-0.2, -0.15) is 18.3 Å². The number of rotatable bonds is 3. The van der Waals surface area contributed by atoms with Gasteiger partial charge in [0.15, 0.2) is 5.69 Å². The largest absolute Gasteiger partial charge is 0.434 e. The Hall–Kier alpha value is -2.88. The van der Waals surface area contributed by atoms with Gasteiger partial charge in [0.2, 0.25) is 0 Å². The summed E-state index contributed by atoms with van der Waals surface area (Å²) in [5, 5.41) is 3.74. The van der Waals surface area contributed by atoms with Crippen molar-refractivity contribution >= 4 is 11.8 Å². The summed E-state index contributed by atoms with van der Waals surface area (Å²) in [6.45, 7) is 2.06. The maximum absolute atomic E-state index is 13.6. The predicted molar refractivity (Wildman–Crippen MR) is 87.9 cm³/mol. The average molecular weight is 382 g/mol. The van der Waals surface area contributed by atoms with E-state index >= 15 is 0 Å². The molecular formula is C17H17F3N4O3. The van der Waals surface area contributed by atoms with E-state index in [2.05, 4.69) is 10.5 Å². The molecule has 2 amide bonds. The molecule has 2 N–H and O–H groups in total. The van der Waals surface area contributed by atoms with E-state index in [4.69, 9.17) is 4.74 Å². The maximum Gasteiger partial charge on any atom is 0.434 e. The lowest BCUT2D eigenvalue weighted by Crippen LogP contribution is -2.46. The first-order chi connectivity index (χ1) is 12.8. The lowest BCUT2D eigenvalue weighted by Gasteiger charge is -2.15. The second kappa shape index (κ2) is 7.39. The van der Waals surface area contributed by atoms with Crippen LogP contribution in [0.2, 0.25) is 0 Å². The Labute approximate surface area is 152 Å². The van der Waals surface area contributed by atoms with Crippen LogP contribution in [0.5, 0.6) is 0 Å². The Kier molecular flexibility index (Phi) is 5.17. The van der Waals surface area contributed by atoms with E-state index in [1.165, 1.54) is 6.07 Å². The van der Waals surface area contributed by atoms with E-state index in [0.29, 0.717) is 29.7 Å².